The molecule has 1 heterocycles. The van der Waals surface area contributed by atoms with Crippen molar-refractivity contribution in [1.29, 1.82) is 0 Å². The Labute approximate surface area is 157 Å². The molecule has 0 unspecified atom stereocenters. The minimum atomic E-state index is 0.0788. The van der Waals surface area contributed by atoms with Crippen LogP contribution in [-0.2, 0) is 6.54 Å². The number of allylic oxidation sites excluding steroid dienone is 1. The van der Waals surface area contributed by atoms with Gasteiger partial charge in [-0.05, 0) is 45.7 Å². The van der Waals surface area contributed by atoms with Gasteiger partial charge in [-0.3, -0.25) is 9.69 Å². The molecule has 2 aromatic rings. The molecule has 3 nitrogen and oxygen atoms in total. The highest BCUT2D eigenvalue weighted by Gasteiger charge is 2.28. The van der Waals surface area contributed by atoms with E-state index in [0.717, 1.165) is 55.0 Å². The third kappa shape index (κ3) is 3.22. The molecule has 1 aliphatic carbocycles. The van der Waals surface area contributed by atoms with E-state index in [1.165, 1.54) is 5.56 Å². The van der Waals surface area contributed by atoms with Crippen LogP contribution < -0.4 is 0 Å². The molecule has 0 saturated carbocycles. The molecule has 0 N–H and O–H groups in total. The molecule has 25 heavy (non-hydrogen) atoms. The van der Waals surface area contributed by atoms with Gasteiger partial charge in [0.25, 0.3) is 0 Å². The average Bonchev–Trinajstić information content (AvgIpc) is 2.89. The van der Waals surface area contributed by atoms with Crippen LogP contribution in [0.25, 0.3) is 5.57 Å². The van der Waals surface area contributed by atoms with Gasteiger partial charge in [0.05, 0.1) is 4.48 Å². The summed E-state index contributed by atoms with van der Waals surface area (Å²) >= 11 is 3.53. The molecule has 0 amide bonds. The molecular formula is C21H21BrN2O. The lowest BCUT2D eigenvalue weighted by Crippen LogP contribution is -2.43. The first kappa shape index (κ1) is 16.7. The number of hydrogen-bond acceptors (Lipinski definition) is 3. The first-order valence-corrected chi connectivity index (χ1v) is 9.47. The number of halogens is 1. The number of nitrogens with zero attached hydrogens (tertiary/aromatic N) is 2. The number of fused-ring (bicyclic) bond motifs is 1. The zero-order valence-electron chi connectivity index (χ0n) is 14.3. The Balaban J connectivity index is 1.63. The number of likely N-dealkylation sites (N-methyl/N-ethyl adjacent to an activating group) is 1. The highest BCUT2D eigenvalue weighted by Crippen LogP contribution is 2.40. The number of ketones is 1. The summed E-state index contributed by atoms with van der Waals surface area (Å²) in [6.45, 7) is 5.42. The molecule has 0 spiro atoms. The average molecular weight is 397 g/mol. The molecule has 0 aromatic heterocycles. The van der Waals surface area contributed by atoms with Crippen molar-refractivity contribution in [2.45, 2.75) is 6.54 Å². The highest BCUT2D eigenvalue weighted by atomic mass is 79.9. The second-order valence-corrected chi connectivity index (χ2v) is 7.64. The molecule has 1 fully saturated rings. The zero-order chi connectivity index (χ0) is 17.4. The first-order chi connectivity index (χ1) is 12.1. The SMILES string of the molecule is CN1CCN(Cc2cccc(C3=C(Br)C(=O)c4ccccc43)c2)CC1. The summed E-state index contributed by atoms with van der Waals surface area (Å²) in [6, 6.07) is 16.4. The maximum Gasteiger partial charge on any atom is 0.201 e. The van der Waals surface area contributed by atoms with E-state index in [1.807, 2.05) is 24.3 Å². The molecule has 1 aliphatic heterocycles. The molecule has 4 rings (SSSR count). The Morgan fingerprint density at radius 1 is 0.960 bits per heavy atom. The standard InChI is InChI=1S/C21H21BrN2O/c1-23-9-11-24(12-10-23)14-15-5-4-6-16(13-15)19-17-7-2-3-8-18(17)21(25)20(19)22/h2-8,13H,9-12,14H2,1H3. The quantitative estimate of drug-likeness (QED) is 0.788. The highest BCUT2D eigenvalue weighted by molar-refractivity contribution is 9.12. The van der Waals surface area contributed by atoms with Gasteiger partial charge < -0.3 is 4.90 Å². The third-order valence-corrected chi connectivity index (χ3v) is 5.83. The van der Waals surface area contributed by atoms with Crippen molar-refractivity contribution in [3.63, 3.8) is 0 Å². The lowest BCUT2D eigenvalue weighted by Gasteiger charge is -2.32. The smallest absolute Gasteiger partial charge is 0.201 e. The van der Waals surface area contributed by atoms with E-state index in [0.29, 0.717) is 4.48 Å². The molecule has 128 valence electrons. The summed E-state index contributed by atoms with van der Waals surface area (Å²) < 4.78 is 0.672. The zero-order valence-corrected chi connectivity index (χ0v) is 15.9. The van der Waals surface area contributed by atoms with Crippen molar-refractivity contribution < 1.29 is 4.79 Å². The molecule has 0 radical (unpaired) electrons. The van der Waals surface area contributed by atoms with Crippen LogP contribution in [0.5, 0.6) is 0 Å². The Morgan fingerprint density at radius 2 is 1.68 bits per heavy atom. The van der Waals surface area contributed by atoms with E-state index in [2.05, 4.69) is 57.0 Å². The summed E-state index contributed by atoms with van der Waals surface area (Å²) in [5.41, 5.74) is 5.23. The Hall–Kier alpha value is -1.75. The van der Waals surface area contributed by atoms with Crippen molar-refractivity contribution in [3.8, 4) is 0 Å². The van der Waals surface area contributed by atoms with Crippen LogP contribution in [0.3, 0.4) is 0 Å². The molecule has 4 heteroatoms. The van der Waals surface area contributed by atoms with E-state index in [1.54, 1.807) is 0 Å². The topological polar surface area (TPSA) is 23.6 Å². The summed E-state index contributed by atoms with van der Waals surface area (Å²) in [6.07, 6.45) is 0. The second kappa shape index (κ2) is 6.87. The van der Waals surface area contributed by atoms with Crippen LogP contribution in [0.1, 0.15) is 27.0 Å². The van der Waals surface area contributed by atoms with E-state index < -0.39 is 0 Å². The van der Waals surface area contributed by atoms with E-state index in [4.69, 9.17) is 0 Å². The number of piperazine rings is 1. The Kier molecular flexibility index (Phi) is 4.59. The summed E-state index contributed by atoms with van der Waals surface area (Å²) in [4.78, 5) is 17.4. The van der Waals surface area contributed by atoms with Crippen LogP contribution in [0.15, 0.2) is 53.0 Å². The first-order valence-electron chi connectivity index (χ1n) is 8.67. The van der Waals surface area contributed by atoms with Crippen LogP contribution >= 0.6 is 15.9 Å². The number of rotatable bonds is 3. The van der Waals surface area contributed by atoms with Crippen molar-refractivity contribution >= 4 is 27.3 Å². The summed E-state index contributed by atoms with van der Waals surface area (Å²) in [7, 11) is 2.18. The Morgan fingerprint density at radius 3 is 2.44 bits per heavy atom. The fourth-order valence-electron chi connectivity index (χ4n) is 3.62. The molecular weight excluding hydrogens is 376 g/mol. The van der Waals surface area contributed by atoms with Gasteiger partial charge in [0, 0.05) is 43.9 Å². The lowest BCUT2D eigenvalue weighted by atomic mass is 9.97. The third-order valence-electron chi connectivity index (χ3n) is 5.08. The van der Waals surface area contributed by atoms with Gasteiger partial charge in [0.15, 0.2) is 0 Å². The fraction of sp³-hybridized carbons (Fsp3) is 0.286. The van der Waals surface area contributed by atoms with E-state index in [9.17, 15) is 4.79 Å². The predicted octanol–water partition coefficient (Wildman–Crippen LogP) is 3.78. The largest absolute Gasteiger partial charge is 0.304 e. The number of Topliss-reactive ketones (excluding diaryl/α,β-unsaturated/α-hetero) is 1. The van der Waals surface area contributed by atoms with Gasteiger partial charge in [0.2, 0.25) is 5.78 Å². The molecule has 0 atom stereocenters. The fourth-order valence-corrected chi connectivity index (χ4v) is 4.28. The summed E-state index contributed by atoms with van der Waals surface area (Å²) in [5.74, 6) is 0.0788. The van der Waals surface area contributed by atoms with Crippen molar-refractivity contribution in [3.05, 3.63) is 75.3 Å². The van der Waals surface area contributed by atoms with Gasteiger partial charge in [-0.1, -0.05) is 42.5 Å². The van der Waals surface area contributed by atoms with Gasteiger partial charge in [-0.15, -0.1) is 0 Å². The van der Waals surface area contributed by atoms with Gasteiger partial charge in [-0.25, -0.2) is 0 Å². The number of benzene rings is 2. The van der Waals surface area contributed by atoms with Gasteiger partial charge in [-0.2, -0.15) is 0 Å². The molecule has 1 saturated heterocycles. The van der Waals surface area contributed by atoms with E-state index in [-0.39, 0.29) is 5.78 Å². The van der Waals surface area contributed by atoms with Crippen LogP contribution in [0.4, 0.5) is 0 Å². The van der Waals surface area contributed by atoms with Crippen molar-refractivity contribution in [2.24, 2.45) is 0 Å². The van der Waals surface area contributed by atoms with Crippen molar-refractivity contribution in [2.75, 3.05) is 33.2 Å². The van der Waals surface area contributed by atoms with Crippen molar-refractivity contribution in [1.82, 2.24) is 9.80 Å². The lowest BCUT2D eigenvalue weighted by molar-refractivity contribution is 0.104. The van der Waals surface area contributed by atoms with E-state index >= 15 is 0 Å². The van der Waals surface area contributed by atoms with Gasteiger partial charge >= 0.3 is 0 Å². The van der Waals surface area contributed by atoms with Crippen LogP contribution in [0.2, 0.25) is 0 Å². The Bertz CT molecular complexity index is 850. The second-order valence-electron chi connectivity index (χ2n) is 6.84. The monoisotopic (exact) mass is 396 g/mol. The number of hydrogen-bond donors (Lipinski definition) is 0. The summed E-state index contributed by atoms with van der Waals surface area (Å²) in [5, 5.41) is 0. The normalized spacial score (nSPS) is 18.7. The number of carbonyl (C=O) groups excluding carboxylic acids is 1. The minimum absolute atomic E-state index is 0.0788. The number of carbonyl (C=O) groups is 1. The molecule has 2 aliphatic rings. The van der Waals surface area contributed by atoms with Crippen LogP contribution in [-0.4, -0.2) is 48.8 Å². The van der Waals surface area contributed by atoms with Gasteiger partial charge in [0.1, 0.15) is 0 Å². The maximum atomic E-state index is 12.5. The van der Waals surface area contributed by atoms with Crippen LogP contribution in [0, 0.1) is 0 Å². The molecule has 2 aromatic carbocycles. The minimum Gasteiger partial charge on any atom is -0.304 e. The predicted molar refractivity (Wildman–Crippen MR) is 105 cm³/mol. The maximum absolute atomic E-state index is 12.5. The molecule has 0 bridgehead atoms.